The lowest BCUT2D eigenvalue weighted by molar-refractivity contribution is -0.146. The summed E-state index contributed by atoms with van der Waals surface area (Å²) in [6.07, 6.45) is 2.05. The Labute approximate surface area is 65.1 Å². The van der Waals surface area contributed by atoms with Gasteiger partial charge >= 0.3 is 5.97 Å². The van der Waals surface area contributed by atoms with Gasteiger partial charge in [0, 0.05) is 13.5 Å². The van der Waals surface area contributed by atoms with E-state index >= 15 is 0 Å². The van der Waals surface area contributed by atoms with Crippen molar-refractivity contribution in [2.24, 2.45) is 0 Å². The summed E-state index contributed by atoms with van der Waals surface area (Å²) in [6.45, 7) is 0.437. The molecule has 1 unspecified atom stereocenters. The Morgan fingerprint density at radius 1 is 1.64 bits per heavy atom. The summed E-state index contributed by atoms with van der Waals surface area (Å²) in [6, 6.07) is 0. The van der Waals surface area contributed by atoms with E-state index in [4.69, 9.17) is 10.2 Å². The van der Waals surface area contributed by atoms with Gasteiger partial charge in [-0.3, -0.25) is 0 Å². The van der Waals surface area contributed by atoms with Gasteiger partial charge in [-0.05, 0) is 0 Å². The molecule has 0 fully saturated rings. The molecule has 0 heterocycles. The van der Waals surface area contributed by atoms with Crippen LogP contribution in [-0.4, -0.2) is 36.0 Å². The summed E-state index contributed by atoms with van der Waals surface area (Å²) in [5.41, 5.74) is 0. The Hall–Kier alpha value is -0.870. The van der Waals surface area contributed by atoms with Gasteiger partial charge < -0.3 is 14.9 Å². The Morgan fingerprint density at radius 3 is 2.73 bits per heavy atom. The third-order valence-corrected chi connectivity index (χ3v) is 1.07. The van der Waals surface area contributed by atoms with Gasteiger partial charge in [0.15, 0.2) is 6.10 Å². The van der Waals surface area contributed by atoms with Gasteiger partial charge in [-0.2, -0.15) is 0 Å². The first-order valence-electron chi connectivity index (χ1n) is 3.23. The van der Waals surface area contributed by atoms with Crippen molar-refractivity contribution in [1.29, 1.82) is 0 Å². The quantitative estimate of drug-likeness (QED) is 0.556. The lowest BCUT2D eigenvalue weighted by Crippen LogP contribution is -2.17. The predicted octanol–water partition coefficient (Wildman–Crippen LogP) is 0.0246. The zero-order valence-electron chi connectivity index (χ0n) is 6.36. The zero-order chi connectivity index (χ0) is 8.69. The van der Waals surface area contributed by atoms with Crippen molar-refractivity contribution in [2.45, 2.75) is 12.5 Å². The van der Waals surface area contributed by atoms with Crippen molar-refractivity contribution in [1.82, 2.24) is 0 Å². The van der Waals surface area contributed by atoms with Crippen molar-refractivity contribution in [3.05, 3.63) is 12.2 Å². The fraction of sp³-hybridized carbons (Fsp3) is 0.571. The number of carboxylic acids is 1. The van der Waals surface area contributed by atoms with Gasteiger partial charge in [-0.1, -0.05) is 12.2 Å². The van der Waals surface area contributed by atoms with Crippen molar-refractivity contribution in [3.63, 3.8) is 0 Å². The molecule has 0 aliphatic carbocycles. The molecule has 11 heavy (non-hydrogen) atoms. The third-order valence-electron chi connectivity index (χ3n) is 1.07. The molecule has 2 N–H and O–H groups in total. The first-order valence-corrected chi connectivity index (χ1v) is 3.23. The minimum Gasteiger partial charge on any atom is -0.479 e. The Morgan fingerprint density at radius 2 is 2.27 bits per heavy atom. The zero-order valence-corrected chi connectivity index (χ0v) is 6.36. The van der Waals surface area contributed by atoms with Gasteiger partial charge in [-0.15, -0.1) is 0 Å². The number of ether oxygens (including phenoxy) is 1. The van der Waals surface area contributed by atoms with Crippen molar-refractivity contribution < 1.29 is 19.7 Å². The molecule has 4 nitrogen and oxygen atoms in total. The number of hydrogen-bond donors (Lipinski definition) is 2. The van der Waals surface area contributed by atoms with E-state index in [0.29, 0.717) is 6.61 Å². The minimum atomic E-state index is -1.30. The molecule has 0 aliphatic heterocycles. The first kappa shape index (κ1) is 10.1. The molecule has 4 heteroatoms. The van der Waals surface area contributed by atoms with E-state index in [-0.39, 0.29) is 6.42 Å². The number of hydrogen-bond acceptors (Lipinski definition) is 3. The van der Waals surface area contributed by atoms with Gasteiger partial charge in [0.1, 0.15) is 0 Å². The highest BCUT2D eigenvalue weighted by atomic mass is 16.5. The summed E-state index contributed by atoms with van der Waals surface area (Å²) in [4.78, 5) is 10.0. The normalized spacial score (nSPS) is 13.6. The predicted molar refractivity (Wildman–Crippen MR) is 39.3 cm³/mol. The fourth-order valence-corrected chi connectivity index (χ4v) is 0.490. The topological polar surface area (TPSA) is 66.8 Å². The highest BCUT2D eigenvalue weighted by Gasteiger charge is 2.09. The van der Waals surface area contributed by atoms with Crippen LogP contribution in [0.25, 0.3) is 0 Å². The second-order valence-corrected chi connectivity index (χ2v) is 2.02. The number of carbonyl (C=O) groups is 1. The molecule has 0 radical (unpaired) electrons. The maximum atomic E-state index is 10.0. The Kier molecular flexibility index (Phi) is 5.42. The second-order valence-electron chi connectivity index (χ2n) is 2.02. The molecule has 0 bridgehead atoms. The SMILES string of the molecule is COCC=CCC(O)C(=O)O. The van der Waals surface area contributed by atoms with Gasteiger partial charge in [0.05, 0.1) is 6.61 Å². The van der Waals surface area contributed by atoms with E-state index in [2.05, 4.69) is 4.74 Å². The first-order chi connectivity index (χ1) is 5.18. The Bertz CT molecular complexity index is 141. The van der Waals surface area contributed by atoms with Crippen LogP contribution in [0, 0.1) is 0 Å². The molecule has 0 aromatic carbocycles. The highest BCUT2D eigenvalue weighted by molar-refractivity contribution is 5.72. The molecule has 0 amide bonds. The standard InChI is InChI=1S/C7H12O4/c1-11-5-3-2-4-6(8)7(9)10/h2-3,6,8H,4-5H2,1H3,(H,9,10). The average molecular weight is 160 g/mol. The molecule has 0 spiro atoms. The number of aliphatic hydroxyl groups is 1. The van der Waals surface area contributed by atoms with Gasteiger partial charge in [0.2, 0.25) is 0 Å². The smallest absolute Gasteiger partial charge is 0.332 e. The van der Waals surface area contributed by atoms with E-state index in [9.17, 15) is 4.79 Å². The summed E-state index contributed by atoms with van der Waals surface area (Å²) in [5, 5.41) is 17.0. The van der Waals surface area contributed by atoms with Crippen LogP contribution in [0.4, 0.5) is 0 Å². The number of carboxylic acid groups (broad SMARTS) is 1. The molecular formula is C7H12O4. The van der Waals surface area contributed by atoms with Crippen molar-refractivity contribution >= 4 is 5.97 Å². The third kappa shape index (κ3) is 5.57. The van der Waals surface area contributed by atoms with E-state index in [1.165, 1.54) is 7.11 Å². The van der Waals surface area contributed by atoms with Crippen LogP contribution in [-0.2, 0) is 9.53 Å². The molecule has 0 aromatic heterocycles. The van der Waals surface area contributed by atoms with Crippen LogP contribution in [0.1, 0.15) is 6.42 Å². The molecule has 0 saturated carbocycles. The molecular weight excluding hydrogens is 148 g/mol. The molecule has 0 saturated heterocycles. The summed E-state index contributed by atoms with van der Waals surface area (Å²) >= 11 is 0. The van der Waals surface area contributed by atoms with Crippen LogP contribution >= 0.6 is 0 Å². The second kappa shape index (κ2) is 5.88. The number of methoxy groups -OCH3 is 1. The molecule has 64 valence electrons. The van der Waals surface area contributed by atoms with Gasteiger partial charge in [-0.25, -0.2) is 4.79 Å². The maximum absolute atomic E-state index is 10.0. The van der Waals surface area contributed by atoms with Crippen LogP contribution in [0.2, 0.25) is 0 Å². The Balaban J connectivity index is 3.44. The largest absolute Gasteiger partial charge is 0.479 e. The van der Waals surface area contributed by atoms with E-state index < -0.39 is 12.1 Å². The van der Waals surface area contributed by atoms with Crippen molar-refractivity contribution in [2.75, 3.05) is 13.7 Å². The monoisotopic (exact) mass is 160 g/mol. The van der Waals surface area contributed by atoms with E-state index in [1.54, 1.807) is 12.2 Å². The molecule has 0 aliphatic rings. The maximum Gasteiger partial charge on any atom is 0.332 e. The molecule has 1 atom stereocenters. The lowest BCUT2D eigenvalue weighted by Gasteiger charge is -1.98. The van der Waals surface area contributed by atoms with Crippen LogP contribution in [0.15, 0.2) is 12.2 Å². The fourth-order valence-electron chi connectivity index (χ4n) is 0.490. The van der Waals surface area contributed by atoms with E-state index in [0.717, 1.165) is 0 Å². The molecule has 0 aromatic rings. The van der Waals surface area contributed by atoms with Crippen LogP contribution < -0.4 is 0 Å². The van der Waals surface area contributed by atoms with E-state index in [1.807, 2.05) is 0 Å². The average Bonchev–Trinajstić information content (AvgIpc) is 1.97. The summed E-state index contributed by atoms with van der Waals surface area (Å²) in [5.74, 6) is -1.20. The summed E-state index contributed by atoms with van der Waals surface area (Å²) < 4.78 is 4.67. The number of aliphatic carboxylic acids is 1. The van der Waals surface area contributed by atoms with Crippen LogP contribution in [0.5, 0.6) is 0 Å². The number of aliphatic hydroxyl groups excluding tert-OH is 1. The summed E-state index contributed by atoms with van der Waals surface area (Å²) in [7, 11) is 1.54. The van der Waals surface area contributed by atoms with Crippen LogP contribution in [0.3, 0.4) is 0 Å². The number of rotatable bonds is 5. The van der Waals surface area contributed by atoms with Gasteiger partial charge in [0.25, 0.3) is 0 Å². The lowest BCUT2D eigenvalue weighted by atomic mass is 10.2. The molecule has 0 rings (SSSR count). The highest BCUT2D eigenvalue weighted by Crippen LogP contribution is 1.92. The van der Waals surface area contributed by atoms with Crippen molar-refractivity contribution in [3.8, 4) is 0 Å². The minimum absolute atomic E-state index is 0.124.